The van der Waals surface area contributed by atoms with Gasteiger partial charge in [0.2, 0.25) is 5.95 Å². The maximum atomic E-state index is 12.7. The van der Waals surface area contributed by atoms with Crippen molar-refractivity contribution in [1.82, 2.24) is 14.9 Å². The number of carbonyl (C=O) groups excluding carboxylic acids is 1. The number of rotatable bonds is 3. The maximum absolute atomic E-state index is 12.7. The van der Waals surface area contributed by atoms with Crippen LogP contribution in [-0.4, -0.2) is 61.0 Å². The Morgan fingerprint density at radius 2 is 1.80 bits per heavy atom. The number of hydrogen-bond donors (Lipinski definition) is 0. The lowest BCUT2D eigenvalue weighted by molar-refractivity contribution is 0.0745. The molecule has 0 bridgehead atoms. The molecule has 2 aromatic rings. The van der Waals surface area contributed by atoms with E-state index in [9.17, 15) is 4.79 Å². The molecule has 0 unspecified atom stereocenters. The van der Waals surface area contributed by atoms with Gasteiger partial charge in [-0.1, -0.05) is 12.1 Å². The molecule has 0 saturated carbocycles. The van der Waals surface area contributed by atoms with Gasteiger partial charge in [-0.15, -0.1) is 0 Å². The number of aryl methyl sites for hydroxylation is 1. The smallest absolute Gasteiger partial charge is 0.255 e. The predicted octanol–water partition coefficient (Wildman–Crippen LogP) is 2.58. The number of anilines is 2. The summed E-state index contributed by atoms with van der Waals surface area (Å²) < 4.78 is 0.833. The normalized spacial score (nSPS) is 14.6. The first kappa shape index (κ1) is 17.7. The van der Waals surface area contributed by atoms with Crippen LogP contribution in [0.4, 0.5) is 11.8 Å². The lowest BCUT2D eigenvalue weighted by Crippen LogP contribution is -2.49. The second-order valence-electron chi connectivity index (χ2n) is 6.32. The summed E-state index contributed by atoms with van der Waals surface area (Å²) in [7, 11) is 3.94. The molecule has 0 spiro atoms. The van der Waals surface area contributed by atoms with Gasteiger partial charge < -0.3 is 14.7 Å². The zero-order valence-corrected chi connectivity index (χ0v) is 16.3. The minimum absolute atomic E-state index is 0.0614. The minimum atomic E-state index is 0.0614. The number of piperazine rings is 1. The summed E-state index contributed by atoms with van der Waals surface area (Å²) in [5.41, 5.74) is 1.65. The number of amides is 1. The Morgan fingerprint density at radius 1 is 1.12 bits per heavy atom. The van der Waals surface area contributed by atoms with Crippen molar-refractivity contribution < 1.29 is 4.79 Å². The van der Waals surface area contributed by atoms with Crippen LogP contribution >= 0.6 is 15.9 Å². The van der Waals surface area contributed by atoms with E-state index in [0.717, 1.165) is 35.0 Å². The van der Waals surface area contributed by atoms with E-state index in [-0.39, 0.29) is 5.91 Å². The fourth-order valence-corrected chi connectivity index (χ4v) is 3.28. The first-order valence-corrected chi connectivity index (χ1v) is 9.07. The van der Waals surface area contributed by atoms with Crippen molar-refractivity contribution in [2.24, 2.45) is 0 Å². The number of hydrogen-bond acceptors (Lipinski definition) is 5. The molecule has 25 heavy (non-hydrogen) atoms. The molecule has 1 fully saturated rings. The van der Waals surface area contributed by atoms with Gasteiger partial charge in [0, 0.05) is 56.5 Å². The lowest BCUT2D eigenvalue weighted by atomic mass is 10.2. The van der Waals surface area contributed by atoms with E-state index in [2.05, 4.69) is 30.8 Å². The van der Waals surface area contributed by atoms with E-state index < -0.39 is 0 Å². The van der Waals surface area contributed by atoms with E-state index >= 15 is 0 Å². The zero-order valence-electron chi connectivity index (χ0n) is 14.7. The summed E-state index contributed by atoms with van der Waals surface area (Å²) in [6, 6.07) is 9.52. The molecular weight excluding hydrogens is 382 g/mol. The Kier molecular flexibility index (Phi) is 5.22. The van der Waals surface area contributed by atoms with Crippen molar-refractivity contribution >= 4 is 33.6 Å². The summed E-state index contributed by atoms with van der Waals surface area (Å²) in [4.78, 5) is 27.9. The number of nitrogens with zero attached hydrogens (tertiary/aromatic N) is 5. The van der Waals surface area contributed by atoms with Crippen LogP contribution < -0.4 is 9.80 Å². The third kappa shape index (κ3) is 3.92. The Labute approximate surface area is 156 Å². The highest BCUT2D eigenvalue weighted by Crippen LogP contribution is 2.21. The van der Waals surface area contributed by atoms with Crippen molar-refractivity contribution in [2.75, 3.05) is 50.1 Å². The summed E-state index contributed by atoms with van der Waals surface area (Å²) in [5, 5.41) is 0. The number of halogens is 1. The summed E-state index contributed by atoms with van der Waals surface area (Å²) in [6.07, 6.45) is 0. The van der Waals surface area contributed by atoms with Crippen molar-refractivity contribution in [3.8, 4) is 0 Å². The largest absolute Gasteiger partial charge is 0.363 e. The molecule has 0 aliphatic carbocycles. The molecule has 0 radical (unpaired) electrons. The Balaban J connectivity index is 1.70. The van der Waals surface area contributed by atoms with Gasteiger partial charge in [0.1, 0.15) is 5.82 Å². The maximum Gasteiger partial charge on any atom is 0.255 e. The van der Waals surface area contributed by atoms with Crippen LogP contribution in [0.25, 0.3) is 0 Å². The van der Waals surface area contributed by atoms with Gasteiger partial charge in [-0.05, 0) is 35.0 Å². The van der Waals surface area contributed by atoms with Gasteiger partial charge in [0.25, 0.3) is 5.91 Å². The quantitative estimate of drug-likeness (QED) is 0.787. The first-order valence-electron chi connectivity index (χ1n) is 8.27. The predicted molar refractivity (Wildman–Crippen MR) is 103 cm³/mol. The molecule has 0 atom stereocenters. The second kappa shape index (κ2) is 7.39. The van der Waals surface area contributed by atoms with E-state index in [1.807, 2.05) is 61.2 Å². The molecule has 1 aromatic heterocycles. The van der Waals surface area contributed by atoms with Crippen LogP contribution in [0.5, 0.6) is 0 Å². The average Bonchev–Trinajstić information content (AvgIpc) is 2.61. The van der Waals surface area contributed by atoms with E-state index in [4.69, 9.17) is 0 Å². The molecule has 132 valence electrons. The Hall–Kier alpha value is -2.15. The molecule has 2 heterocycles. The van der Waals surface area contributed by atoms with Crippen LogP contribution in [0.15, 0.2) is 34.8 Å². The molecular formula is C18H22BrN5O. The Morgan fingerprint density at radius 3 is 2.44 bits per heavy atom. The molecule has 1 aliphatic heterocycles. The van der Waals surface area contributed by atoms with Crippen LogP contribution in [0.1, 0.15) is 16.1 Å². The molecule has 1 aliphatic rings. The molecule has 7 heteroatoms. The monoisotopic (exact) mass is 403 g/mol. The van der Waals surface area contributed by atoms with Crippen molar-refractivity contribution in [3.05, 3.63) is 46.1 Å². The third-order valence-corrected chi connectivity index (χ3v) is 4.93. The summed E-state index contributed by atoms with van der Waals surface area (Å²) in [5.74, 6) is 1.69. The van der Waals surface area contributed by atoms with E-state index in [1.165, 1.54) is 0 Å². The standard InChI is InChI=1S/C18H22BrN5O/c1-13-12-16(22(2)3)21-18(20-13)24-10-8-23(9-11-24)17(25)14-6-4-5-7-15(14)19/h4-7,12H,8-11H2,1-3H3. The molecule has 3 rings (SSSR count). The Bertz CT molecular complexity index is 772. The van der Waals surface area contributed by atoms with Gasteiger partial charge in [-0.25, -0.2) is 4.98 Å². The average molecular weight is 404 g/mol. The highest BCUT2D eigenvalue weighted by atomic mass is 79.9. The molecule has 1 aromatic carbocycles. The fourth-order valence-electron chi connectivity index (χ4n) is 2.82. The summed E-state index contributed by atoms with van der Waals surface area (Å²) in [6.45, 7) is 4.76. The van der Waals surface area contributed by atoms with Gasteiger partial charge in [0.05, 0.1) is 5.56 Å². The van der Waals surface area contributed by atoms with Crippen LogP contribution in [-0.2, 0) is 0 Å². The second-order valence-corrected chi connectivity index (χ2v) is 7.18. The van der Waals surface area contributed by atoms with Crippen LogP contribution in [0, 0.1) is 6.92 Å². The highest BCUT2D eigenvalue weighted by molar-refractivity contribution is 9.10. The van der Waals surface area contributed by atoms with Gasteiger partial charge in [0.15, 0.2) is 0 Å². The highest BCUT2D eigenvalue weighted by Gasteiger charge is 2.24. The molecule has 1 amide bonds. The van der Waals surface area contributed by atoms with Crippen molar-refractivity contribution in [2.45, 2.75) is 6.92 Å². The number of carbonyl (C=O) groups is 1. The zero-order chi connectivity index (χ0) is 18.0. The number of benzene rings is 1. The first-order chi connectivity index (χ1) is 12.0. The molecule has 1 saturated heterocycles. The van der Waals surface area contributed by atoms with E-state index in [1.54, 1.807) is 0 Å². The van der Waals surface area contributed by atoms with E-state index in [0.29, 0.717) is 18.7 Å². The van der Waals surface area contributed by atoms with Gasteiger partial charge >= 0.3 is 0 Å². The van der Waals surface area contributed by atoms with Crippen LogP contribution in [0.2, 0.25) is 0 Å². The topological polar surface area (TPSA) is 52.6 Å². The molecule has 6 nitrogen and oxygen atoms in total. The van der Waals surface area contributed by atoms with Gasteiger partial charge in [-0.3, -0.25) is 4.79 Å². The SMILES string of the molecule is Cc1cc(N(C)C)nc(N2CCN(C(=O)c3ccccc3Br)CC2)n1. The molecule has 0 N–H and O–H groups in total. The lowest BCUT2D eigenvalue weighted by Gasteiger charge is -2.35. The minimum Gasteiger partial charge on any atom is -0.363 e. The fraction of sp³-hybridized carbons (Fsp3) is 0.389. The van der Waals surface area contributed by atoms with Gasteiger partial charge in [-0.2, -0.15) is 4.98 Å². The van der Waals surface area contributed by atoms with Crippen LogP contribution in [0.3, 0.4) is 0 Å². The number of aromatic nitrogens is 2. The van der Waals surface area contributed by atoms with Crippen molar-refractivity contribution in [3.63, 3.8) is 0 Å². The van der Waals surface area contributed by atoms with Crippen molar-refractivity contribution in [1.29, 1.82) is 0 Å². The summed E-state index contributed by atoms with van der Waals surface area (Å²) >= 11 is 3.46. The third-order valence-electron chi connectivity index (χ3n) is 4.24.